The smallest absolute Gasteiger partial charge is 0.323 e. The van der Waals surface area contributed by atoms with Crippen LogP contribution in [0.2, 0.25) is 0 Å². The molecule has 5 nitrogen and oxygen atoms in total. The van der Waals surface area contributed by atoms with E-state index in [4.69, 9.17) is 5.11 Å². The SMILES string of the molecule is C=CCN(CC(=O)O)C(=O)[C@H]1CCCN1. The van der Waals surface area contributed by atoms with Crippen LogP contribution < -0.4 is 5.32 Å². The van der Waals surface area contributed by atoms with Crippen molar-refractivity contribution < 1.29 is 14.7 Å². The number of nitrogens with zero attached hydrogens (tertiary/aromatic N) is 1. The van der Waals surface area contributed by atoms with E-state index in [0.717, 1.165) is 19.4 Å². The molecule has 1 fully saturated rings. The predicted molar refractivity (Wildman–Crippen MR) is 55.4 cm³/mol. The molecule has 0 saturated carbocycles. The Morgan fingerprint density at radius 3 is 2.80 bits per heavy atom. The number of carboxylic acids is 1. The van der Waals surface area contributed by atoms with E-state index in [1.165, 1.54) is 11.0 Å². The summed E-state index contributed by atoms with van der Waals surface area (Å²) < 4.78 is 0. The van der Waals surface area contributed by atoms with Gasteiger partial charge < -0.3 is 15.3 Å². The zero-order valence-corrected chi connectivity index (χ0v) is 8.61. The van der Waals surface area contributed by atoms with Crippen LogP contribution in [0.1, 0.15) is 12.8 Å². The Bertz CT molecular complexity index is 259. The number of amides is 1. The molecule has 1 aliphatic rings. The third-order valence-electron chi connectivity index (χ3n) is 2.35. The number of nitrogens with one attached hydrogen (secondary N) is 1. The van der Waals surface area contributed by atoms with E-state index in [2.05, 4.69) is 11.9 Å². The van der Waals surface area contributed by atoms with Crippen molar-refractivity contribution in [3.05, 3.63) is 12.7 Å². The van der Waals surface area contributed by atoms with Crippen LogP contribution in [0, 0.1) is 0 Å². The first-order valence-corrected chi connectivity index (χ1v) is 5.00. The number of rotatable bonds is 5. The van der Waals surface area contributed by atoms with Crippen molar-refractivity contribution in [2.75, 3.05) is 19.6 Å². The fourth-order valence-corrected chi connectivity index (χ4v) is 1.67. The van der Waals surface area contributed by atoms with Crippen molar-refractivity contribution in [1.82, 2.24) is 10.2 Å². The number of carboxylic acid groups (broad SMARTS) is 1. The molecule has 1 amide bonds. The number of carbonyl (C=O) groups excluding carboxylic acids is 1. The predicted octanol–water partition coefficient (Wildman–Crippen LogP) is -0.162. The molecule has 0 spiro atoms. The molecule has 0 unspecified atom stereocenters. The molecule has 0 aliphatic carbocycles. The molecule has 1 rings (SSSR count). The number of aliphatic carboxylic acids is 1. The molecule has 1 saturated heterocycles. The second kappa shape index (κ2) is 5.50. The Morgan fingerprint density at radius 2 is 2.33 bits per heavy atom. The lowest BCUT2D eigenvalue weighted by Gasteiger charge is -2.22. The molecule has 84 valence electrons. The van der Waals surface area contributed by atoms with Gasteiger partial charge in [0.25, 0.3) is 0 Å². The highest BCUT2D eigenvalue weighted by Crippen LogP contribution is 2.08. The summed E-state index contributed by atoms with van der Waals surface area (Å²) in [5.41, 5.74) is 0. The van der Waals surface area contributed by atoms with E-state index >= 15 is 0 Å². The maximum absolute atomic E-state index is 11.8. The van der Waals surface area contributed by atoms with Gasteiger partial charge in [0.1, 0.15) is 6.54 Å². The van der Waals surface area contributed by atoms with E-state index in [1.807, 2.05) is 0 Å². The molecule has 0 bridgehead atoms. The molecule has 1 heterocycles. The summed E-state index contributed by atoms with van der Waals surface area (Å²) in [6.45, 7) is 4.35. The van der Waals surface area contributed by atoms with E-state index < -0.39 is 5.97 Å². The molecular formula is C10H16N2O3. The van der Waals surface area contributed by atoms with Crippen molar-refractivity contribution in [3.8, 4) is 0 Å². The lowest BCUT2D eigenvalue weighted by Crippen LogP contribution is -2.45. The number of hydrogen-bond donors (Lipinski definition) is 2. The topological polar surface area (TPSA) is 69.6 Å². The highest BCUT2D eigenvalue weighted by molar-refractivity contribution is 5.85. The minimum atomic E-state index is -0.997. The van der Waals surface area contributed by atoms with Gasteiger partial charge in [0.2, 0.25) is 5.91 Å². The van der Waals surface area contributed by atoms with Gasteiger partial charge in [0.05, 0.1) is 6.04 Å². The monoisotopic (exact) mass is 212 g/mol. The minimum Gasteiger partial charge on any atom is -0.480 e. The second-order valence-corrected chi connectivity index (χ2v) is 3.55. The number of carbonyl (C=O) groups is 2. The summed E-state index contributed by atoms with van der Waals surface area (Å²) >= 11 is 0. The Hall–Kier alpha value is -1.36. The maximum Gasteiger partial charge on any atom is 0.323 e. The molecule has 1 aliphatic heterocycles. The highest BCUT2D eigenvalue weighted by atomic mass is 16.4. The zero-order chi connectivity index (χ0) is 11.3. The van der Waals surface area contributed by atoms with Gasteiger partial charge >= 0.3 is 5.97 Å². The molecule has 0 aromatic rings. The van der Waals surface area contributed by atoms with Crippen LogP contribution >= 0.6 is 0 Å². The fraction of sp³-hybridized carbons (Fsp3) is 0.600. The molecule has 0 aromatic heterocycles. The first-order valence-electron chi connectivity index (χ1n) is 5.00. The Balaban J connectivity index is 2.56. The van der Waals surface area contributed by atoms with E-state index in [0.29, 0.717) is 0 Å². The summed E-state index contributed by atoms with van der Waals surface area (Å²) in [6.07, 6.45) is 3.29. The first kappa shape index (κ1) is 11.7. The summed E-state index contributed by atoms with van der Waals surface area (Å²) in [6, 6.07) is -0.218. The third-order valence-corrected chi connectivity index (χ3v) is 2.35. The fourth-order valence-electron chi connectivity index (χ4n) is 1.67. The van der Waals surface area contributed by atoms with Gasteiger partial charge in [-0.1, -0.05) is 6.08 Å². The second-order valence-electron chi connectivity index (χ2n) is 3.55. The van der Waals surface area contributed by atoms with Crippen LogP contribution in [-0.2, 0) is 9.59 Å². The average molecular weight is 212 g/mol. The van der Waals surface area contributed by atoms with Crippen molar-refractivity contribution in [2.24, 2.45) is 0 Å². The van der Waals surface area contributed by atoms with Crippen molar-refractivity contribution >= 4 is 11.9 Å². The molecule has 5 heteroatoms. The van der Waals surface area contributed by atoms with E-state index in [9.17, 15) is 9.59 Å². The van der Waals surface area contributed by atoms with Crippen LogP contribution in [-0.4, -0.2) is 47.6 Å². The zero-order valence-electron chi connectivity index (χ0n) is 8.61. The molecule has 15 heavy (non-hydrogen) atoms. The lowest BCUT2D eigenvalue weighted by atomic mass is 10.2. The quantitative estimate of drug-likeness (QED) is 0.621. The van der Waals surface area contributed by atoms with Crippen molar-refractivity contribution in [2.45, 2.75) is 18.9 Å². The first-order chi connectivity index (χ1) is 7.15. The Kier molecular flexibility index (Phi) is 4.30. The minimum absolute atomic E-state index is 0.144. The molecule has 0 aromatic carbocycles. The normalized spacial score (nSPS) is 19.9. The molecular weight excluding hydrogens is 196 g/mol. The largest absolute Gasteiger partial charge is 0.480 e. The van der Waals surface area contributed by atoms with Gasteiger partial charge in [-0.05, 0) is 19.4 Å². The Morgan fingerprint density at radius 1 is 1.60 bits per heavy atom. The van der Waals surface area contributed by atoms with Crippen LogP contribution in [0.15, 0.2) is 12.7 Å². The standard InChI is InChI=1S/C10H16N2O3/c1-2-6-12(7-9(13)14)10(15)8-4-3-5-11-8/h2,8,11H,1,3-7H2,(H,13,14)/t8-/m1/s1. The van der Waals surface area contributed by atoms with Gasteiger partial charge in [-0.15, -0.1) is 6.58 Å². The molecule has 2 N–H and O–H groups in total. The van der Waals surface area contributed by atoms with Crippen LogP contribution in [0.25, 0.3) is 0 Å². The Labute approximate surface area is 88.8 Å². The average Bonchev–Trinajstić information content (AvgIpc) is 2.68. The lowest BCUT2D eigenvalue weighted by molar-refractivity contribution is -0.144. The molecule has 0 radical (unpaired) electrons. The third kappa shape index (κ3) is 3.36. The molecule has 1 atom stereocenters. The van der Waals surface area contributed by atoms with Crippen LogP contribution in [0.3, 0.4) is 0 Å². The van der Waals surface area contributed by atoms with Gasteiger partial charge in [-0.2, -0.15) is 0 Å². The van der Waals surface area contributed by atoms with Gasteiger partial charge in [0, 0.05) is 6.54 Å². The van der Waals surface area contributed by atoms with Crippen molar-refractivity contribution in [1.29, 1.82) is 0 Å². The number of hydrogen-bond acceptors (Lipinski definition) is 3. The van der Waals surface area contributed by atoms with Gasteiger partial charge in [0.15, 0.2) is 0 Å². The summed E-state index contributed by atoms with van der Waals surface area (Å²) in [7, 11) is 0. The van der Waals surface area contributed by atoms with E-state index in [1.54, 1.807) is 0 Å². The highest BCUT2D eigenvalue weighted by Gasteiger charge is 2.27. The van der Waals surface area contributed by atoms with Crippen molar-refractivity contribution in [3.63, 3.8) is 0 Å². The van der Waals surface area contributed by atoms with E-state index in [-0.39, 0.29) is 25.0 Å². The maximum atomic E-state index is 11.8. The van der Waals surface area contributed by atoms with Crippen LogP contribution in [0.4, 0.5) is 0 Å². The summed E-state index contributed by atoms with van der Waals surface area (Å²) in [4.78, 5) is 23.7. The van der Waals surface area contributed by atoms with Gasteiger partial charge in [-0.3, -0.25) is 9.59 Å². The van der Waals surface area contributed by atoms with Crippen LogP contribution in [0.5, 0.6) is 0 Å². The summed E-state index contributed by atoms with van der Waals surface area (Å²) in [5, 5.41) is 11.7. The van der Waals surface area contributed by atoms with Gasteiger partial charge in [-0.25, -0.2) is 0 Å². The summed E-state index contributed by atoms with van der Waals surface area (Å²) in [5.74, 6) is -1.14.